The first-order valence-electron chi connectivity index (χ1n) is 11.2. The Bertz CT molecular complexity index is 630. The molecule has 5 rings (SSSR count). The van der Waals surface area contributed by atoms with Crippen molar-refractivity contribution in [1.82, 2.24) is 10.6 Å². The van der Waals surface area contributed by atoms with Gasteiger partial charge in [-0.15, -0.1) is 0 Å². The Morgan fingerprint density at radius 3 is 1.96 bits per heavy atom. The highest BCUT2D eigenvalue weighted by atomic mass is 16.2. The summed E-state index contributed by atoms with van der Waals surface area (Å²) in [5, 5.41) is 6.72. The van der Waals surface area contributed by atoms with Crippen LogP contribution in [0.25, 0.3) is 0 Å². The second-order valence-electron chi connectivity index (χ2n) is 9.73. The van der Waals surface area contributed by atoms with Crippen molar-refractivity contribution in [2.75, 3.05) is 0 Å². The van der Waals surface area contributed by atoms with Crippen LogP contribution >= 0.6 is 0 Å². The lowest BCUT2D eigenvalue weighted by Crippen LogP contribution is -2.61. The van der Waals surface area contributed by atoms with Gasteiger partial charge in [-0.2, -0.15) is 0 Å². The summed E-state index contributed by atoms with van der Waals surface area (Å²) in [5.41, 5.74) is 2.68. The summed E-state index contributed by atoms with van der Waals surface area (Å²) in [7, 11) is 0. The van der Waals surface area contributed by atoms with Gasteiger partial charge < -0.3 is 10.6 Å². The summed E-state index contributed by atoms with van der Waals surface area (Å²) in [5.74, 6) is 3.15. The Balaban J connectivity index is 1.39. The fourth-order valence-corrected chi connectivity index (χ4v) is 6.41. The topological polar surface area (TPSA) is 41.1 Å². The monoisotopic (exact) mass is 368 g/mol. The molecule has 4 fully saturated rings. The zero-order valence-electron chi connectivity index (χ0n) is 17.3. The SMILES string of the molecule is CC[C@H](C)c1ccc([C@@H](CC)NC(=O)NC23CC4CC(CC(C4)C2)C3)cc1. The van der Waals surface area contributed by atoms with Gasteiger partial charge in [-0.25, -0.2) is 4.79 Å². The standard InChI is InChI=1S/C24H36N2O/c1-4-16(3)20-6-8-21(9-7-20)22(5-2)25-23(27)26-24-13-17-10-18(14-24)12-19(11-17)15-24/h6-9,16-19,22H,4-5,10-15H2,1-3H3,(H2,25,26,27)/t16-,17?,18?,19?,22+,24?/m0/s1. The number of hydrogen-bond donors (Lipinski definition) is 2. The Kier molecular flexibility index (Phi) is 5.22. The molecule has 148 valence electrons. The van der Waals surface area contributed by atoms with Crippen molar-refractivity contribution in [3.63, 3.8) is 0 Å². The lowest BCUT2D eigenvalue weighted by atomic mass is 9.53. The molecule has 4 aliphatic carbocycles. The van der Waals surface area contributed by atoms with Gasteiger partial charge in [-0.05, 0) is 86.2 Å². The van der Waals surface area contributed by atoms with E-state index in [1.54, 1.807) is 0 Å². The summed E-state index contributed by atoms with van der Waals surface area (Å²) in [4.78, 5) is 12.9. The number of carbonyl (C=O) groups excluding carboxylic acids is 1. The lowest BCUT2D eigenvalue weighted by molar-refractivity contribution is -0.0136. The van der Waals surface area contributed by atoms with Gasteiger partial charge in [0.25, 0.3) is 0 Å². The van der Waals surface area contributed by atoms with E-state index in [0.717, 1.165) is 30.6 Å². The van der Waals surface area contributed by atoms with Gasteiger partial charge in [0.1, 0.15) is 0 Å². The molecule has 4 saturated carbocycles. The van der Waals surface area contributed by atoms with Crippen molar-refractivity contribution in [2.24, 2.45) is 17.8 Å². The molecule has 0 unspecified atom stereocenters. The predicted molar refractivity (Wildman–Crippen MR) is 111 cm³/mol. The van der Waals surface area contributed by atoms with Gasteiger partial charge in [-0.1, -0.05) is 45.0 Å². The number of hydrogen-bond acceptors (Lipinski definition) is 1. The molecule has 2 atom stereocenters. The van der Waals surface area contributed by atoms with Crippen LogP contribution in [0.4, 0.5) is 4.79 Å². The zero-order valence-corrected chi connectivity index (χ0v) is 17.3. The average molecular weight is 369 g/mol. The molecule has 0 aromatic heterocycles. The molecular formula is C24H36N2O. The van der Waals surface area contributed by atoms with Gasteiger partial charge in [0, 0.05) is 5.54 Å². The number of nitrogens with one attached hydrogen (secondary N) is 2. The first kappa shape index (κ1) is 18.8. The second-order valence-corrected chi connectivity index (χ2v) is 9.73. The Hall–Kier alpha value is -1.51. The summed E-state index contributed by atoms with van der Waals surface area (Å²) >= 11 is 0. The van der Waals surface area contributed by atoms with Gasteiger partial charge in [0.05, 0.1) is 6.04 Å². The van der Waals surface area contributed by atoms with E-state index >= 15 is 0 Å². The molecule has 3 nitrogen and oxygen atoms in total. The quantitative estimate of drug-likeness (QED) is 0.643. The molecule has 0 saturated heterocycles. The van der Waals surface area contributed by atoms with E-state index < -0.39 is 0 Å². The van der Waals surface area contributed by atoms with Crippen molar-refractivity contribution < 1.29 is 4.79 Å². The first-order chi connectivity index (χ1) is 13.0. The van der Waals surface area contributed by atoms with Gasteiger partial charge in [0.2, 0.25) is 0 Å². The number of urea groups is 1. The Morgan fingerprint density at radius 2 is 1.48 bits per heavy atom. The molecule has 27 heavy (non-hydrogen) atoms. The van der Waals surface area contributed by atoms with Gasteiger partial charge in [-0.3, -0.25) is 0 Å². The largest absolute Gasteiger partial charge is 0.333 e. The molecular weight excluding hydrogens is 332 g/mol. The highest BCUT2D eigenvalue weighted by Gasteiger charge is 2.51. The molecule has 0 spiro atoms. The lowest BCUT2D eigenvalue weighted by Gasteiger charge is -2.56. The van der Waals surface area contributed by atoms with E-state index in [1.807, 2.05) is 0 Å². The summed E-state index contributed by atoms with van der Waals surface area (Å²) in [6, 6.07) is 8.97. The van der Waals surface area contributed by atoms with Crippen LogP contribution in [0.15, 0.2) is 24.3 Å². The van der Waals surface area contributed by atoms with E-state index in [1.165, 1.54) is 49.7 Å². The molecule has 4 aliphatic rings. The molecule has 4 bridgehead atoms. The summed E-state index contributed by atoms with van der Waals surface area (Å²) in [6.07, 6.45) is 9.89. The number of carbonyl (C=O) groups is 1. The van der Waals surface area contributed by atoms with Crippen molar-refractivity contribution >= 4 is 6.03 Å². The number of rotatable bonds is 6. The molecule has 1 aromatic rings. The minimum atomic E-state index is 0.0369. The van der Waals surface area contributed by atoms with Gasteiger partial charge >= 0.3 is 6.03 Å². The van der Waals surface area contributed by atoms with Gasteiger partial charge in [0.15, 0.2) is 0 Å². The van der Waals surface area contributed by atoms with Crippen LogP contribution < -0.4 is 10.6 Å². The normalized spacial score (nSPS) is 33.5. The van der Waals surface area contributed by atoms with Crippen LogP contribution in [0.3, 0.4) is 0 Å². The van der Waals surface area contributed by atoms with Crippen LogP contribution in [-0.2, 0) is 0 Å². The highest BCUT2D eigenvalue weighted by Crippen LogP contribution is 2.55. The van der Waals surface area contributed by atoms with E-state index in [-0.39, 0.29) is 17.6 Å². The van der Waals surface area contributed by atoms with E-state index in [9.17, 15) is 4.79 Å². The first-order valence-corrected chi connectivity index (χ1v) is 11.2. The van der Waals surface area contributed by atoms with E-state index in [4.69, 9.17) is 0 Å². The zero-order chi connectivity index (χ0) is 19.0. The van der Waals surface area contributed by atoms with Crippen molar-refractivity contribution in [1.29, 1.82) is 0 Å². The smallest absolute Gasteiger partial charge is 0.315 e. The number of amides is 2. The molecule has 3 heteroatoms. The molecule has 0 aliphatic heterocycles. The van der Waals surface area contributed by atoms with Crippen molar-refractivity contribution in [2.45, 2.75) is 89.6 Å². The van der Waals surface area contributed by atoms with Crippen LogP contribution in [0.5, 0.6) is 0 Å². The average Bonchev–Trinajstić information content (AvgIpc) is 2.64. The highest BCUT2D eigenvalue weighted by molar-refractivity contribution is 5.75. The van der Waals surface area contributed by atoms with Crippen LogP contribution in [0, 0.1) is 17.8 Å². The maximum Gasteiger partial charge on any atom is 0.315 e. The third kappa shape index (κ3) is 3.88. The Labute approximate surface area is 164 Å². The van der Waals surface area contributed by atoms with E-state index in [0.29, 0.717) is 5.92 Å². The minimum absolute atomic E-state index is 0.0369. The van der Waals surface area contributed by atoms with Crippen LogP contribution in [0.2, 0.25) is 0 Å². The van der Waals surface area contributed by atoms with Crippen LogP contribution in [0.1, 0.15) is 95.2 Å². The third-order valence-electron chi connectivity index (χ3n) is 7.65. The van der Waals surface area contributed by atoms with Crippen molar-refractivity contribution in [3.8, 4) is 0 Å². The molecule has 0 heterocycles. The fourth-order valence-electron chi connectivity index (χ4n) is 6.41. The third-order valence-corrected chi connectivity index (χ3v) is 7.65. The maximum absolute atomic E-state index is 12.9. The summed E-state index contributed by atoms with van der Waals surface area (Å²) in [6.45, 7) is 6.64. The summed E-state index contributed by atoms with van der Waals surface area (Å²) < 4.78 is 0. The predicted octanol–water partition coefficient (Wildman–Crippen LogP) is 5.92. The minimum Gasteiger partial charge on any atom is -0.333 e. The molecule has 2 N–H and O–H groups in total. The maximum atomic E-state index is 12.9. The van der Waals surface area contributed by atoms with Crippen LogP contribution in [-0.4, -0.2) is 11.6 Å². The van der Waals surface area contributed by atoms with E-state index in [2.05, 4.69) is 55.7 Å². The second kappa shape index (κ2) is 7.48. The molecule has 1 aromatic carbocycles. The molecule has 2 amide bonds. The number of benzene rings is 1. The fraction of sp³-hybridized carbons (Fsp3) is 0.708. The Morgan fingerprint density at radius 1 is 0.963 bits per heavy atom. The van der Waals surface area contributed by atoms with Crippen molar-refractivity contribution in [3.05, 3.63) is 35.4 Å². The molecule has 0 radical (unpaired) electrons.